The van der Waals surface area contributed by atoms with Crippen molar-refractivity contribution in [3.05, 3.63) is 35.4 Å². The zero-order chi connectivity index (χ0) is 14.0. The molecule has 1 aromatic carbocycles. The smallest absolute Gasteiger partial charge is 0.239 e. The fraction of sp³-hybridized carbons (Fsp3) is 0.562. The molecule has 0 radical (unpaired) electrons. The second-order valence-corrected chi connectivity index (χ2v) is 6.56. The minimum absolute atomic E-state index is 0.127. The number of rotatable bonds is 5. The Balaban J connectivity index is 2.10. The van der Waals surface area contributed by atoms with E-state index in [1.54, 1.807) is 0 Å². The largest absolute Gasteiger partial charge is 0.368 e. The highest BCUT2D eigenvalue weighted by Gasteiger charge is 2.25. The number of hydrogen-bond acceptors (Lipinski definition) is 2. The van der Waals surface area contributed by atoms with E-state index in [9.17, 15) is 4.79 Å². The van der Waals surface area contributed by atoms with Gasteiger partial charge in [-0.15, -0.1) is 0 Å². The van der Waals surface area contributed by atoms with Crippen molar-refractivity contribution in [2.75, 3.05) is 6.54 Å². The van der Waals surface area contributed by atoms with Crippen LogP contribution in [-0.2, 0) is 10.2 Å². The molecule has 0 spiro atoms. The molecule has 1 aliphatic rings. The van der Waals surface area contributed by atoms with Gasteiger partial charge in [-0.2, -0.15) is 0 Å². The summed E-state index contributed by atoms with van der Waals surface area (Å²) in [7, 11) is 0. The van der Waals surface area contributed by atoms with Gasteiger partial charge in [-0.25, -0.2) is 0 Å². The maximum absolute atomic E-state index is 11.6. The number of nitrogens with two attached hydrogens (primary N) is 1. The van der Waals surface area contributed by atoms with Crippen LogP contribution in [0.15, 0.2) is 24.3 Å². The van der Waals surface area contributed by atoms with Crippen molar-refractivity contribution in [2.45, 2.75) is 45.1 Å². The molecule has 19 heavy (non-hydrogen) atoms. The SMILES string of the molecule is CC(C)(C)c1ccc(C(NCC2CC2)C(N)=O)cc1. The van der Waals surface area contributed by atoms with E-state index in [0.29, 0.717) is 0 Å². The Bertz CT molecular complexity index is 441. The van der Waals surface area contributed by atoms with Gasteiger partial charge in [-0.3, -0.25) is 4.79 Å². The normalized spacial score (nSPS) is 17.2. The second-order valence-electron chi connectivity index (χ2n) is 6.56. The molecule has 1 amide bonds. The maximum Gasteiger partial charge on any atom is 0.239 e. The van der Waals surface area contributed by atoms with E-state index >= 15 is 0 Å². The third kappa shape index (κ3) is 3.80. The van der Waals surface area contributed by atoms with Crippen LogP contribution in [0.1, 0.15) is 50.8 Å². The number of benzene rings is 1. The lowest BCUT2D eigenvalue weighted by atomic mass is 9.86. The first-order valence-corrected chi connectivity index (χ1v) is 7.01. The molecule has 1 saturated carbocycles. The van der Waals surface area contributed by atoms with E-state index in [4.69, 9.17) is 5.73 Å². The zero-order valence-electron chi connectivity index (χ0n) is 12.1. The number of amides is 1. The van der Waals surface area contributed by atoms with Crippen molar-refractivity contribution in [3.63, 3.8) is 0 Å². The van der Waals surface area contributed by atoms with Gasteiger partial charge in [0.15, 0.2) is 0 Å². The van der Waals surface area contributed by atoms with Gasteiger partial charge in [-0.05, 0) is 41.8 Å². The van der Waals surface area contributed by atoms with E-state index in [-0.39, 0.29) is 17.4 Å². The fourth-order valence-corrected chi connectivity index (χ4v) is 2.16. The van der Waals surface area contributed by atoms with Gasteiger partial charge in [0.25, 0.3) is 0 Å². The Labute approximate surface area is 115 Å². The first-order valence-electron chi connectivity index (χ1n) is 7.01. The third-order valence-corrected chi connectivity index (χ3v) is 3.70. The minimum atomic E-state index is -0.366. The summed E-state index contributed by atoms with van der Waals surface area (Å²) in [6.07, 6.45) is 2.53. The van der Waals surface area contributed by atoms with Gasteiger partial charge in [0, 0.05) is 0 Å². The Morgan fingerprint density at radius 1 is 1.32 bits per heavy atom. The van der Waals surface area contributed by atoms with Crippen molar-refractivity contribution in [1.29, 1.82) is 0 Å². The van der Waals surface area contributed by atoms with Gasteiger partial charge < -0.3 is 11.1 Å². The summed E-state index contributed by atoms with van der Waals surface area (Å²) in [4.78, 5) is 11.6. The molecule has 1 fully saturated rings. The molecule has 3 N–H and O–H groups in total. The molecule has 1 aliphatic carbocycles. The lowest BCUT2D eigenvalue weighted by Crippen LogP contribution is -2.34. The molecule has 1 aromatic rings. The Morgan fingerprint density at radius 2 is 1.89 bits per heavy atom. The van der Waals surface area contributed by atoms with Crippen LogP contribution in [0.4, 0.5) is 0 Å². The van der Waals surface area contributed by atoms with Crippen molar-refractivity contribution < 1.29 is 4.79 Å². The summed E-state index contributed by atoms with van der Waals surface area (Å²) in [5.41, 5.74) is 7.85. The molecule has 0 bridgehead atoms. The summed E-state index contributed by atoms with van der Waals surface area (Å²) in [5.74, 6) is 0.430. The van der Waals surface area contributed by atoms with E-state index < -0.39 is 0 Å². The first kappa shape index (κ1) is 14.1. The molecule has 0 aliphatic heterocycles. The van der Waals surface area contributed by atoms with Crippen LogP contribution in [0.2, 0.25) is 0 Å². The Morgan fingerprint density at radius 3 is 2.32 bits per heavy atom. The first-order chi connectivity index (χ1) is 8.88. The summed E-state index contributed by atoms with van der Waals surface area (Å²) in [5, 5.41) is 3.28. The average molecular weight is 260 g/mol. The summed E-state index contributed by atoms with van der Waals surface area (Å²) in [6.45, 7) is 7.42. The second kappa shape index (κ2) is 5.33. The topological polar surface area (TPSA) is 55.1 Å². The lowest BCUT2D eigenvalue weighted by molar-refractivity contribution is -0.120. The lowest BCUT2D eigenvalue weighted by Gasteiger charge is -2.21. The van der Waals surface area contributed by atoms with Crippen molar-refractivity contribution >= 4 is 5.91 Å². The maximum atomic E-state index is 11.6. The van der Waals surface area contributed by atoms with E-state index in [0.717, 1.165) is 18.0 Å². The zero-order valence-corrected chi connectivity index (χ0v) is 12.1. The number of primary amides is 1. The van der Waals surface area contributed by atoms with Gasteiger partial charge >= 0.3 is 0 Å². The van der Waals surface area contributed by atoms with Gasteiger partial charge in [0.2, 0.25) is 5.91 Å². The van der Waals surface area contributed by atoms with Crippen LogP contribution < -0.4 is 11.1 Å². The minimum Gasteiger partial charge on any atom is -0.368 e. The Hall–Kier alpha value is -1.35. The Kier molecular flexibility index (Phi) is 3.95. The number of nitrogens with one attached hydrogen (secondary N) is 1. The highest BCUT2D eigenvalue weighted by Crippen LogP contribution is 2.29. The summed E-state index contributed by atoms with van der Waals surface area (Å²) < 4.78 is 0. The predicted molar refractivity (Wildman–Crippen MR) is 77.8 cm³/mol. The number of carbonyl (C=O) groups is 1. The summed E-state index contributed by atoms with van der Waals surface area (Å²) in [6, 6.07) is 7.83. The molecular weight excluding hydrogens is 236 g/mol. The molecular formula is C16H24N2O. The molecule has 3 nitrogen and oxygen atoms in total. The predicted octanol–water partition coefficient (Wildman–Crippen LogP) is 2.51. The monoisotopic (exact) mass is 260 g/mol. The van der Waals surface area contributed by atoms with Crippen LogP contribution >= 0.6 is 0 Å². The van der Waals surface area contributed by atoms with Gasteiger partial charge in [0.05, 0.1) is 0 Å². The van der Waals surface area contributed by atoms with Crippen LogP contribution in [0.3, 0.4) is 0 Å². The fourth-order valence-electron chi connectivity index (χ4n) is 2.16. The van der Waals surface area contributed by atoms with Crippen molar-refractivity contribution in [1.82, 2.24) is 5.32 Å². The quantitative estimate of drug-likeness (QED) is 0.854. The molecule has 0 saturated heterocycles. The van der Waals surface area contributed by atoms with Crippen LogP contribution in [0.5, 0.6) is 0 Å². The molecule has 2 rings (SSSR count). The highest BCUT2D eigenvalue weighted by atomic mass is 16.1. The summed E-state index contributed by atoms with van der Waals surface area (Å²) >= 11 is 0. The van der Waals surface area contributed by atoms with Crippen LogP contribution in [-0.4, -0.2) is 12.5 Å². The van der Waals surface area contributed by atoms with Gasteiger partial charge in [0.1, 0.15) is 6.04 Å². The van der Waals surface area contributed by atoms with Crippen LogP contribution in [0, 0.1) is 5.92 Å². The van der Waals surface area contributed by atoms with Crippen molar-refractivity contribution in [3.8, 4) is 0 Å². The van der Waals surface area contributed by atoms with Crippen molar-refractivity contribution in [2.24, 2.45) is 11.7 Å². The van der Waals surface area contributed by atoms with Crippen LogP contribution in [0.25, 0.3) is 0 Å². The average Bonchev–Trinajstić information content (AvgIpc) is 3.12. The van der Waals surface area contributed by atoms with E-state index in [1.807, 2.05) is 12.1 Å². The molecule has 0 heterocycles. The molecule has 1 atom stereocenters. The molecule has 0 aromatic heterocycles. The molecule has 3 heteroatoms. The standard InChI is InChI=1S/C16H24N2O/c1-16(2,3)13-8-6-12(7-9-13)14(15(17)19)18-10-11-4-5-11/h6-9,11,14,18H,4-5,10H2,1-3H3,(H2,17,19). The van der Waals surface area contributed by atoms with E-state index in [2.05, 4.69) is 38.2 Å². The third-order valence-electron chi connectivity index (χ3n) is 3.70. The number of carbonyl (C=O) groups excluding carboxylic acids is 1. The van der Waals surface area contributed by atoms with E-state index in [1.165, 1.54) is 18.4 Å². The number of hydrogen-bond donors (Lipinski definition) is 2. The molecule has 1 unspecified atom stereocenters. The highest BCUT2D eigenvalue weighted by molar-refractivity contribution is 5.81. The van der Waals surface area contributed by atoms with Gasteiger partial charge in [-0.1, -0.05) is 45.0 Å². The molecule has 104 valence electrons.